The van der Waals surface area contributed by atoms with Crippen molar-refractivity contribution < 1.29 is 18.0 Å². The summed E-state index contributed by atoms with van der Waals surface area (Å²) in [6.45, 7) is 0.445. The number of nitrogens with two attached hydrogens (primary N) is 1. The maximum absolute atomic E-state index is 11.8. The number of carbonyl (C=O) groups is 1. The third-order valence-electron chi connectivity index (χ3n) is 1.95. The normalized spacial score (nSPS) is 11.5. The van der Waals surface area contributed by atoms with Gasteiger partial charge in [0.15, 0.2) is 0 Å². The number of hydrogen-bond donors (Lipinski definition) is 2. The summed E-state index contributed by atoms with van der Waals surface area (Å²) < 4.78 is 37.1. The highest BCUT2D eigenvalue weighted by Gasteiger charge is 2.26. The molecule has 0 aromatic carbocycles. The van der Waals surface area contributed by atoms with Gasteiger partial charge in [0.1, 0.15) is 5.69 Å². The van der Waals surface area contributed by atoms with E-state index in [1.807, 2.05) is 0 Å². The van der Waals surface area contributed by atoms with Crippen LogP contribution in [0.4, 0.5) is 13.2 Å². The fourth-order valence-corrected chi connectivity index (χ4v) is 1.16. The lowest BCUT2D eigenvalue weighted by Crippen LogP contribution is -2.28. The molecular formula is C9H13F3N4O. The van der Waals surface area contributed by atoms with Crippen LogP contribution >= 0.6 is 0 Å². The molecule has 0 saturated carbocycles. The minimum atomic E-state index is -4.27. The maximum atomic E-state index is 11.8. The summed E-state index contributed by atoms with van der Waals surface area (Å²) >= 11 is 0. The largest absolute Gasteiger partial charge is 0.390 e. The maximum Gasteiger partial charge on any atom is 0.390 e. The van der Waals surface area contributed by atoms with E-state index in [0.717, 1.165) is 0 Å². The van der Waals surface area contributed by atoms with Gasteiger partial charge >= 0.3 is 6.18 Å². The minimum Gasteiger partial charge on any atom is -0.350 e. The van der Waals surface area contributed by atoms with Crippen LogP contribution in [0.5, 0.6) is 0 Å². The predicted octanol–water partition coefficient (Wildman–Crippen LogP) is 0.524. The van der Waals surface area contributed by atoms with Crippen molar-refractivity contribution in [3.8, 4) is 0 Å². The molecule has 8 heteroatoms. The Morgan fingerprint density at radius 3 is 2.82 bits per heavy atom. The molecular weight excluding hydrogens is 237 g/mol. The molecule has 3 N–H and O–H groups in total. The van der Waals surface area contributed by atoms with Crippen LogP contribution in [0.1, 0.15) is 16.9 Å². The molecule has 1 heterocycles. The zero-order valence-electron chi connectivity index (χ0n) is 9.00. The van der Waals surface area contributed by atoms with Gasteiger partial charge in [0.2, 0.25) is 0 Å². The Labute approximate surface area is 95.8 Å². The van der Waals surface area contributed by atoms with Crippen molar-refractivity contribution in [1.82, 2.24) is 14.9 Å². The predicted molar refractivity (Wildman–Crippen MR) is 54.3 cm³/mol. The Morgan fingerprint density at radius 2 is 2.24 bits per heavy atom. The summed E-state index contributed by atoms with van der Waals surface area (Å²) in [6, 6.07) is 0. The second kappa shape index (κ2) is 5.67. The van der Waals surface area contributed by atoms with Gasteiger partial charge in [0.05, 0.1) is 12.7 Å². The van der Waals surface area contributed by atoms with Gasteiger partial charge in [-0.2, -0.15) is 13.2 Å². The van der Waals surface area contributed by atoms with Crippen LogP contribution in [-0.2, 0) is 6.54 Å². The third kappa shape index (κ3) is 4.85. The first-order valence-corrected chi connectivity index (χ1v) is 4.99. The number of halogens is 3. The monoisotopic (exact) mass is 250 g/mol. The molecule has 1 aromatic heterocycles. The van der Waals surface area contributed by atoms with Gasteiger partial charge in [-0.15, -0.1) is 0 Å². The van der Waals surface area contributed by atoms with Gasteiger partial charge in [0.25, 0.3) is 5.91 Å². The molecule has 0 unspecified atom stereocenters. The van der Waals surface area contributed by atoms with Gasteiger partial charge in [0, 0.05) is 25.8 Å². The van der Waals surface area contributed by atoms with E-state index in [-0.39, 0.29) is 5.69 Å². The van der Waals surface area contributed by atoms with Crippen molar-refractivity contribution in [3.63, 3.8) is 0 Å². The topological polar surface area (TPSA) is 72.9 Å². The number of alkyl halides is 3. The average molecular weight is 250 g/mol. The quantitative estimate of drug-likeness (QED) is 0.800. The number of rotatable bonds is 5. The fourth-order valence-electron chi connectivity index (χ4n) is 1.16. The highest BCUT2D eigenvalue weighted by atomic mass is 19.4. The van der Waals surface area contributed by atoms with E-state index in [2.05, 4.69) is 10.3 Å². The van der Waals surface area contributed by atoms with Crippen LogP contribution in [0.15, 0.2) is 12.5 Å². The van der Waals surface area contributed by atoms with E-state index >= 15 is 0 Å². The summed E-state index contributed by atoms with van der Waals surface area (Å²) in [5, 5.41) is 2.14. The summed E-state index contributed by atoms with van der Waals surface area (Å²) in [7, 11) is 0. The fraction of sp³-hybridized carbons (Fsp3) is 0.556. The molecule has 0 radical (unpaired) electrons. The van der Waals surface area contributed by atoms with Gasteiger partial charge in [-0.05, 0) is 0 Å². The van der Waals surface area contributed by atoms with E-state index in [4.69, 9.17) is 5.73 Å². The van der Waals surface area contributed by atoms with Gasteiger partial charge in [-0.3, -0.25) is 4.79 Å². The lowest BCUT2D eigenvalue weighted by Gasteiger charge is -2.06. The minimum absolute atomic E-state index is 0.0839. The molecule has 1 amide bonds. The first-order chi connectivity index (χ1) is 7.92. The molecule has 0 aliphatic heterocycles. The van der Waals surface area contributed by atoms with Crippen LogP contribution < -0.4 is 11.1 Å². The van der Waals surface area contributed by atoms with Crippen molar-refractivity contribution in [2.75, 3.05) is 13.1 Å². The summed E-state index contributed by atoms with van der Waals surface area (Å²) in [5.74, 6) is -0.620. The second-order valence-electron chi connectivity index (χ2n) is 3.41. The molecule has 0 atom stereocenters. The van der Waals surface area contributed by atoms with Crippen molar-refractivity contribution in [2.24, 2.45) is 5.73 Å². The summed E-state index contributed by atoms with van der Waals surface area (Å²) in [6.07, 6.45) is -2.48. The van der Waals surface area contributed by atoms with E-state index in [0.29, 0.717) is 13.1 Å². The number of hydrogen-bond acceptors (Lipinski definition) is 3. The van der Waals surface area contributed by atoms with E-state index in [1.165, 1.54) is 12.5 Å². The van der Waals surface area contributed by atoms with Gasteiger partial charge < -0.3 is 15.6 Å². The first-order valence-electron chi connectivity index (χ1n) is 4.99. The number of nitrogens with one attached hydrogen (secondary N) is 1. The molecule has 1 aromatic rings. The van der Waals surface area contributed by atoms with Crippen LogP contribution in [-0.4, -0.2) is 34.7 Å². The molecule has 0 aliphatic carbocycles. The molecule has 0 aliphatic rings. The van der Waals surface area contributed by atoms with Crippen LogP contribution in [0.2, 0.25) is 0 Å². The summed E-state index contributed by atoms with van der Waals surface area (Å²) in [4.78, 5) is 15.1. The lowest BCUT2D eigenvalue weighted by atomic mass is 10.4. The average Bonchev–Trinajstić information content (AvgIpc) is 2.65. The molecule has 5 nitrogen and oxygen atoms in total. The van der Waals surface area contributed by atoms with Crippen molar-refractivity contribution in [1.29, 1.82) is 0 Å². The molecule has 17 heavy (non-hydrogen) atoms. The van der Waals surface area contributed by atoms with Crippen LogP contribution in [0.25, 0.3) is 0 Å². The zero-order chi connectivity index (χ0) is 12.9. The highest BCUT2D eigenvalue weighted by molar-refractivity contribution is 5.91. The Balaban J connectivity index is 2.41. The van der Waals surface area contributed by atoms with Crippen LogP contribution in [0, 0.1) is 0 Å². The second-order valence-corrected chi connectivity index (χ2v) is 3.41. The SMILES string of the molecule is NCCn1cnc(C(=O)NCCC(F)(F)F)c1. The Hall–Kier alpha value is -1.57. The molecule has 0 fully saturated rings. The number of aromatic nitrogens is 2. The summed E-state index contributed by atoms with van der Waals surface area (Å²) in [5.41, 5.74) is 5.38. The molecule has 96 valence electrons. The molecule has 0 spiro atoms. The zero-order valence-corrected chi connectivity index (χ0v) is 9.00. The van der Waals surface area contributed by atoms with E-state index in [9.17, 15) is 18.0 Å². The number of amides is 1. The third-order valence-corrected chi connectivity index (χ3v) is 1.95. The first kappa shape index (κ1) is 13.5. The van der Waals surface area contributed by atoms with Crippen molar-refractivity contribution >= 4 is 5.91 Å². The van der Waals surface area contributed by atoms with E-state index in [1.54, 1.807) is 4.57 Å². The smallest absolute Gasteiger partial charge is 0.350 e. The molecule has 0 bridgehead atoms. The standard InChI is InChI=1S/C9H13F3N4O/c10-9(11,12)1-3-14-8(17)7-5-16(4-2-13)6-15-7/h5-6H,1-4,13H2,(H,14,17). The molecule has 0 saturated heterocycles. The van der Waals surface area contributed by atoms with Crippen molar-refractivity contribution in [2.45, 2.75) is 19.1 Å². The molecule has 1 rings (SSSR count). The number of imidazole rings is 1. The van der Waals surface area contributed by atoms with Gasteiger partial charge in [-0.1, -0.05) is 0 Å². The lowest BCUT2D eigenvalue weighted by molar-refractivity contribution is -0.132. The van der Waals surface area contributed by atoms with Gasteiger partial charge in [-0.25, -0.2) is 4.98 Å². The number of nitrogens with zero attached hydrogens (tertiary/aromatic N) is 2. The van der Waals surface area contributed by atoms with Crippen LogP contribution in [0.3, 0.4) is 0 Å². The number of carbonyl (C=O) groups excluding carboxylic acids is 1. The van der Waals surface area contributed by atoms with Crippen molar-refractivity contribution in [3.05, 3.63) is 18.2 Å². The Kier molecular flexibility index (Phi) is 4.50. The highest BCUT2D eigenvalue weighted by Crippen LogP contribution is 2.18. The Morgan fingerprint density at radius 1 is 1.53 bits per heavy atom. The van der Waals surface area contributed by atoms with E-state index < -0.39 is 25.0 Å². The Bertz CT molecular complexity index is 375.